The first kappa shape index (κ1) is 8.05. The van der Waals surface area contributed by atoms with Gasteiger partial charge >= 0.3 is 0 Å². The van der Waals surface area contributed by atoms with E-state index < -0.39 is 0 Å². The molecule has 12 heavy (non-hydrogen) atoms. The van der Waals surface area contributed by atoms with E-state index in [1.54, 1.807) is 0 Å². The summed E-state index contributed by atoms with van der Waals surface area (Å²) in [5, 5.41) is 6.21. The minimum atomic E-state index is 0.255. The minimum Gasteiger partial charge on any atom is -0.353 e. The van der Waals surface area contributed by atoms with Crippen molar-refractivity contribution in [3.63, 3.8) is 0 Å². The van der Waals surface area contributed by atoms with Crippen LogP contribution in [0.4, 0.5) is 0 Å². The highest BCUT2D eigenvalue weighted by molar-refractivity contribution is 5.80. The monoisotopic (exact) mass is 168 g/mol. The predicted octanol–water partition coefficient (Wildman–Crippen LogP) is 0.265. The number of rotatable bonds is 2. The zero-order valence-electron chi connectivity index (χ0n) is 7.31. The van der Waals surface area contributed by atoms with E-state index in [2.05, 4.69) is 10.6 Å². The number of hydrogen-bond donors (Lipinski definition) is 2. The van der Waals surface area contributed by atoms with Crippen LogP contribution in [0.15, 0.2) is 0 Å². The average molecular weight is 168 g/mol. The van der Waals surface area contributed by atoms with Crippen LogP contribution in [0.3, 0.4) is 0 Å². The molecule has 0 radical (unpaired) electrons. The van der Waals surface area contributed by atoms with Crippen molar-refractivity contribution in [1.29, 1.82) is 0 Å². The summed E-state index contributed by atoms with van der Waals surface area (Å²) in [6, 6.07) is 0.484. The number of carbonyl (C=O) groups is 1. The highest BCUT2D eigenvalue weighted by Gasteiger charge is 2.27. The van der Waals surface area contributed by atoms with Crippen LogP contribution in [0.5, 0.6) is 0 Å². The molecule has 2 aliphatic rings. The fourth-order valence-electron chi connectivity index (χ4n) is 1.86. The lowest BCUT2D eigenvalue weighted by Crippen LogP contribution is -2.52. The second kappa shape index (κ2) is 3.44. The lowest BCUT2D eigenvalue weighted by molar-refractivity contribution is -0.127. The topological polar surface area (TPSA) is 41.1 Å². The van der Waals surface area contributed by atoms with Crippen LogP contribution >= 0.6 is 0 Å². The van der Waals surface area contributed by atoms with E-state index >= 15 is 0 Å². The van der Waals surface area contributed by atoms with Gasteiger partial charge in [0.05, 0.1) is 5.92 Å². The van der Waals surface area contributed by atoms with E-state index in [9.17, 15) is 4.79 Å². The van der Waals surface area contributed by atoms with Crippen LogP contribution in [0.1, 0.15) is 25.7 Å². The molecule has 0 atom stereocenters. The molecular formula is C9H16N2O. The molecule has 0 unspecified atom stereocenters. The third kappa shape index (κ3) is 1.61. The normalized spacial score (nSPS) is 25.3. The molecule has 68 valence electrons. The van der Waals surface area contributed by atoms with Crippen molar-refractivity contribution in [3.05, 3.63) is 0 Å². The first-order valence-electron chi connectivity index (χ1n) is 4.87. The molecule has 0 spiro atoms. The van der Waals surface area contributed by atoms with Crippen LogP contribution in [0.2, 0.25) is 0 Å². The Morgan fingerprint density at radius 1 is 1.25 bits per heavy atom. The summed E-state index contributed by atoms with van der Waals surface area (Å²) in [6.07, 6.45) is 4.94. The fourth-order valence-corrected chi connectivity index (χ4v) is 1.86. The maximum atomic E-state index is 11.4. The smallest absolute Gasteiger partial charge is 0.225 e. The summed E-state index contributed by atoms with van der Waals surface area (Å²) in [4.78, 5) is 11.4. The Kier molecular flexibility index (Phi) is 2.30. The first-order valence-corrected chi connectivity index (χ1v) is 4.87. The molecule has 1 saturated carbocycles. The van der Waals surface area contributed by atoms with Crippen LogP contribution in [0.25, 0.3) is 0 Å². The van der Waals surface area contributed by atoms with Crippen molar-refractivity contribution in [2.75, 3.05) is 13.1 Å². The second-order valence-electron chi connectivity index (χ2n) is 3.85. The molecule has 1 saturated heterocycles. The molecule has 0 bridgehead atoms. The van der Waals surface area contributed by atoms with Gasteiger partial charge in [0.1, 0.15) is 0 Å². The molecule has 2 N–H and O–H groups in total. The van der Waals surface area contributed by atoms with Gasteiger partial charge < -0.3 is 10.6 Å². The van der Waals surface area contributed by atoms with Gasteiger partial charge in [0.15, 0.2) is 0 Å². The molecule has 0 aromatic carbocycles. The van der Waals surface area contributed by atoms with Gasteiger partial charge in [-0.05, 0) is 12.8 Å². The van der Waals surface area contributed by atoms with E-state index in [0.717, 1.165) is 13.1 Å². The van der Waals surface area contributed by atoms with E-state index in [1.807, 2.05) is 0 Å². The van der Waals surface area contributed by atoms with Gasteiger partial charge in [-0.15, -0.1) is 0 Å². The van der Waals surface area contributed by atoms with Crippen LogP contribution in [-0.4, -0.2) is 25.0 Å². The summed E-state index contributed by atoms with van der Waals surface area (Å²) in [5.74, 6) is 0.520. The van der Waals surface area contributed by atoms with Gasteiger partial charge in [0.25, 0.3) is 0 Å². The van der Waals surface area contributed by atoms with Crippen LogP contribution < -0.4 is 10.6 Å². The Bertz CT molecular complexity index is 171. The number of carbonyl (C=O) groups excluding carboxylic acids is 1. The maximum Gasteiger partial charge on any atom is 0.225 e. The molecular weight excluding hydrogens is 152 g/mol. The van der Waals surface area contributed by atoms with Gasteiger partial charge in [-0.3, -0.25) is 4.79 Å². The minimum absolute atomic E-state index is 0.255. The van der Waals surface area contributed by atoms with Gasteiger partial charge in [0.2, 0.25) is 5.91 Å². The summed E-state index contributed by atoms with van der Waals surface area (Å²) < 4.78 is 0. The Morgan fingerprint density at radius 3 is 2.42 bits per heavy atom. The maximum absolute atomic E-state index is 11.4. The van der Waals surface area contributed by atoms with Crippen LogP contribution in [-0.2, 0) is 4.79 Å². The van der Waals surface area contributed by atoms with Crippen molar-refractivity contribution in [3.8, 4) is 0 Å². The van der Waals surface area contributed by atoms with Gasteiger partial charge in [-0.25, -0.2) is 0 Å². The number of hydrogen-bond acceptors (Lipinski definition) is 2. The van der Waals surface area contributed by atoms with Crippen molar-refractivity contribution >= 4 is 5.91 Å². The lowest BCUT2D eigenvalue weighted by Gasteiger charge is -2.27. The van der Waals surface area contributed by atoms with Gasteiger partial charge in [-0.2, -0.15) is 0 Å². The summed E-state index contributed by atoms with van der Waals surface area (Å²) in [6.45, 7) is 1.75. The molecule has 2 rings (SSSR count). The highest BCUT2D eigenvalue weighted by atomic mass is 16.2. The van der Waals surface area contributed by atoms with Crippen LogP contribution in [0, 0.1) is 5.92 Å². The third-order valence-electron chi connectivity index (χ3n) is 2.85. The molecule has 3 nitrogen and oxygen atoms in total. The summed E-state index contributed by atoms with van der Waals surface area (Å²) in [7, 11) is 0. The van der Waals surface area contributed by atoms with Crippen molar-refractivity contribution < 1.29 is 4.79 Å². The molecule has 3 heteroatoms. The average Bonchev–Trinajstić information content (AvgIpc) is 2.34. The number of nitrogens with one attached hydrogen (secondary N) is 2. The Hall–Kier alpha value is -0.570. The number of amides is 1. The van der Waals surface area contributed by atoms with E-state index in [1.165, 1.54) is 25.7 Å². The molecule has 1 aliphatic heterocycles. The standard InChI is InChI=1S/C9H16N2O/c12-9(7-5-10-6-7)11-8-3-1-2-4-8/h7-8,10H,1-6H2,(H,11,12). The van der Waals surface area contributed by atoms with E-state index in [0.29, 0.717) is 6.04 Å². The molecule has 2 fully saturated rings. The predicted molar refractivity (Wildman–Crippen MR) is 46.8 cm³/mol. The largest absolute Gasteiger partial charge is 0.353 e. The molecule has 1 aliphatic carbocycles. The zero-order chi connectivity index (χ0) is 8.39. The van der Waals surface area contributed by atoms with E-state index in [4.69, 9.17) is 0 Å². The highest BCUT2D eigenvalue weighted by Crippen LogP contribution is 2.18. The quantitative estimate of drug-likeness (QED) is 0.621. The van der Waals surface area contributed by atoms with Crippen molar-refractivity contribution in [2.45, 2.75) is 31.7 Å². The lowest BCUT2D eigenvalue weighted by atomic mass is 10.0. The van der Waals surface area contributed by atoms with Gasteiger partial charge in [0, 0.05) is 19.1 Å². The Balaban J connectivity index is 1.73. The van der Waals surface area contributed by atoms with E-state index in [-0.39, 0.29) is 11.8 Å². The van der Waals surface area contributed by atoms with Crippen molar-refractivity contribution in [2.24, 2.45) is 5.92 Å². The molecule has 1 heterocycles. The molecule has 0 aromatic heterocycles. The fraction of sp³-hybridized carbons (Fsp3) is 0.889. The Labute approximate surface area is 72.9 Å². The second-order valence-corrected chi connectivity index (χ2v) is 3.85. The Morgan fingerprint density at radius 2 is 1.92 bits per heavy atom. The zero-order valence-corrected chi connectivity index (χ0v) is 7.31. The van der Waals surface area contributed by atoms with Gasteiger partial charge in [-0.1, -0.05) is 12.8 Å². The first-order chi connectivity index (χ1) is 5.86. The van der Waals surface area contributed by atoms with Crippen molar-refractivity contribution in [1.82, 2.24) is 10.6 Å². The summed E-state index contributed by atoms with van der Waals surface area (Å²) >= 11 is 0. The summed E-state index contributed by atoms with van der Waals surface area (Å²) in [5.41, 5.74) is 0. The molecule has 1 amide bonds. The SMILES string of the molecule is O=C(NC1CCCC1)C1CNC1. The third-order valence-corrected chi connectivity index (χ3v) is 2.85. The molecule has 0 aromatic rings.